The molecule has 1 amide bonds. The highest BCUT2D eigenvalue weighted by Gasteiger charge is 2.48. The number of rotatable bonds is 0. The lowest BCUT2D eigenvalue weighted by Gasteiger charge is -2.42. The Hall–Kier alpha value is 0.200. The Morgan fingerprint density at radius 1 is 1.40 bits per heavy atom. The van der Waals surface area contributed by atoms with Crippen molar-refractivity contribution in [3.8, 4) is 0 Å². The van der Waals surface area contributed by atoms with E-state index in [1.54, 1.807) is 0 Å². The summed E-state index contributed by atoms with van der Waals surface area (Å²) in [6.07, 6.45) is 5.67. The summed E-state index contributed by atoms with van der Waals surface area (Å²) in [5.41, 5.74) is 0.317. The maximum atomic E-state index is 11.1. The van der Waals surface area contributed by atoms with Crippen LogP contribution in [0.2, 0.25) is 0 Å². The second-order valence-electron chi connectivity index (χ2n) is 3.25. The van der Waals surface area contributed by atoms with E-state index in [2.05, 4.69) is 22.9 Å². The maximum absolute atomic E-state index is 11.1. The fourth-order valence-corrected chi connectivity index (χ4v) is 2.80. The molecular weight excluding hydrogens is 241 g/mol. The van der Waals surface area contributed by atoms with Crippen LogP contribution in [0.1, 0.15) is 32.1 Å². The van der Waals surface area contributed by atoms with Crippen LogP contribution >= 0.6 is 22.9 Å². The van der Waals surface area contributed by atoms with Gasteiger partial charge in [0, 0.05) is 6.42 Å². The van der Waals surface area contributed by atoms with Gasteiger partial charge in [0.15, 0.2) is 0 Å². The van der Waals surface area contributed by atoms with E-state index in [4.69, 9.17) is 0 Å². The van der Waals surface area contributed by atoms with Gasteiger partial charge in [-0.2, -0.15) is 0 Å². The highest BCUT2D eigenvalue weighted by atomic mass is 127. The fraction of sp³-hybridized carbons (Fsp3) is 0.857. The lowest BCUT2D eigenvalue weighted by molar-refractivity contribution is -0.125. The molecule has 1 aliphatic heterocycles. The molecular formula is C7H10INO. The highest BCUT2D eigenvalue weighted by Crippen LogP contribution is 2.47. The van der Waals surface area contributed by atoms with Gasteiger partial charge in [-0.3, -0.25) is 7.91 Å². The minimum atomic E-state index is 0.317. The lowest BCUT2D eigenvalue weighted by atomic mass is 9.76. The van der Waals surface area contributed by atoms with Crippen LogP contribution in [0, 0.1) is 0 Å². The molecule has 0 N–H and O–H groups in total. The second-order valence-corrected chi connectivity index (χ2v) is 4.22. The molecule has 56 valence electrons. The number of carbonyl (C=O) groups is 1. The Labute approximate surface area is 74.5 Å². The number of nitrogens with zero attached hydrogens (tertiary/aromatic N) is 1. The first-order chi connectivity index (χ1) is 4.75. The average molecular weight is 251 g/mol. The van der Waals surface area contributed by atoms with Crippen LogP contribution in [0.4, 0.5) is 0 Å². The molecule has 1 saturated heterocycles. The zero-order valence-electron chi connectivity index (χ0n) is 5.77. The normalized spacial score (nSPS) is 29.3. The Morgan fingerprint density at radius 3 is 2.30 bits per heavy atom. The van der Waals surface area contributed by atoms with Crippen LogP contribution < -0.4 is 0 Å². The third-order valence-corrected chi connectivity index (χ3v) is 4.29. The van der Waals surface area contributed by atoms with Crippen LogP contribution in [0.15, 0.2) is 0 Å². The largest absolute Gasteiger partial charge is 0.279 e. The van der Waals surface area contributed by atoms with E-state index in [-0.39, 0.29) is 0 Å². The molecule has 0 atom stereocenters. The highest BCUT2D eigenvalue weighted by molar-refractivity contribution is 14.1. The Bertz CT molecular complexity index is 176. The Morgan fingerprint density at radius 2 is 2.10 bits per heavy atom. The molecule has 0 unspecified atom stereocenters. The molecule has 2 rings (SSSR count). The van der Waals surface area contributed by atoms with Gasteiger partial charge in [0.05, 0.1) is 28.4 Å². The van der Waals surface area contributed by atoms with Crippen molar-refractivity contribution < 1.29 is 4.79 Å². The van der Waals surface area contributed by atoms with E-state index < -0.39 is 0 Å². The molecule has 1 spiro atoms. The standard InChI is InChI=1S/C7H10INO/c8-9-6(10)2-5-7(9)3-1-4-7/h1-5H2. The zero-order chi connectivity index (χ0) is 7.19. The van der Waals surface area contributed by atoms with Crippen molar-refractivity contribution in [2.75, 3.05) is 0 Å². The van der Waals surface area contributed by atoms with Gasteiger partial charge in [-0.15, -0.1) is 0 Å². The first-order valence-electron chi connectivity index (χ1n) is 3.73. The number of halogens is 1. The number of hydrogen-bond acceptors (Lipinski definition) is 1. The van der Waals surface area contributed by atoms with Crippen molar-refractivity contribution in [3.63, 3.8) is 0 Å². The van der Waals surface area contributed by atoms with Gasteiger partial charge in [-0.05, 0) is 25.7 Å². The smallest absolute Gasteiger partial charge is 0.231 e. The molecule has 0 aromatic heterocycles. The molecule has 2 nitrogen and oxygen atoms in total. The van der Waals surface area contributed by atoms with Crippen molar-refractivity contribution >= 4 is 28.8 Å². The average Bonchev–Trinajstić information content (AvgIpc) is 2.10. The SMILES string of the molecule is O=C1CCC2(CCC2)N1I. The molecule has 2 aliphatic rings. The van der Waals surface area contributed by atoms with Gasteiger partial charge < -0.3 is 0 Å². The molecule has 1 aliphatic carbocycles. The topological polar surface area (TPSA) is 20.3 Å². The molecule has 0 radical (unpaired) electrons. The van der Waals surface area contributed by atoms with Gasteiger partial charge in [-0.25, -0.2) is 0 Å². The van der Waals surface area contributed by atoms with E-state index in [0.717, 1.165) is 12.8 Å². The fourth-order valence-electron chi connectivity index (χ4n) is 1.83. The molecule has 0 aromatic rings. The van der Waals surface area contributed by atoms with Crippen LogP contribution in [-0.4, -0.2) is 14.6 Å². The van der Waals surface area contributed by atoms with Gasteiger partial charge in [0.2, 0.25) is 5.91 Å². The number of carbonyl (C=O) groups excluding carboxylic acids is 1. The number of amides is 1. The number of hydrogen-bond donors (Lipinski definition) is 0. The molecule has 10 heavy (non-hydrogen) atoms. The van der Waals surface area contributed by atoms with E-state index in [9.17, 15) is 4.79 Å². The van der Waals surface area contributed by atoms with Gasteiger partial charge in [0.25, 0.3) is 0 Å². The van der Waals surface area contributed by atoms with Crippen LogP contribution in [-0.2, 0) is 4.79 Å². The zero-order valence-corrected chi connectivity index (χ0v) is 7.93. The summed E-state index contributed by atoms with van der Waals surface area (Å²) in [6, 6.07) is 0. The van der Waals surface area contributed by atoms with Crippen molar-refractivity contribution in [1.29, 1.82) is 0 Å². The first-order valence-corrected chi connectivity index (χ1v) is 4.70. The molecule has 0 aromatic carbocycles. The van der Waals surface area contributed by atoms with Gasteiger partial charge in [-0.1, -0.05) is 0 Å². The van der Waals surface area contributed by atoms with Crippen molar-refractivity contribution in [1.82, 2.24) is 3.11 Å². The molecule has 2 fully saturated rings. The van der Waals surface area contributed by atoms with Gasteiger partial charge >= 0.3 is 0 Å². The summed E-state index contributed by atoms with van der Waals surface area (Å²) in [4.78, 5) is 11.1. The maximum Gasteiger partial charge on any atom is 0.231 e. The first kappa shape index (κ1) is 6.88. The van der Waals surface area contributed by atoms with Crippen LogP contribution in [0.25, 0.3) is 0 Å². The monoisotopic (exact) mass is 251 g/mol. The third-order valence-electron chi connectivity index (χ3n) is 2.72. The summed E-state index contributed by atoms with van der Waals surface area (Å²) in [5, 5.41) is 0. The second kappa shape index (κ2) is 2.09. The predicted octanol–water partition coefficient (Wildman–Crippen LogP) is 1.88. The van der Waals surface area contributed by atoms with E-state index in [1.165, 1.54) is 19.3 Å². The summed E-state index contributed by atoms with van der Waals surface area (Å²) < 4.78 is 1.94. The minimum Gasteiger partial charge on any atom is -0.279 e. The van der Waals surface area contributed by atoms with E-state index in [0.29, 0.717) is 11.4 Å². The minimum absolute atomic E-state index is 0.317. The van der Waals surface area contributed by atoms with Gasteiger partial charge in [0.1, 0.15) is 0 Å². The van der Waals surface area contributed by atoms with Crippen LogP contribution in [0.3, 0.4) is 0 Å². The van der Waals surface area contributed by atoms with E-state index in [1.807, 2.05) is 3.11 Å². The summed E-state index contributed by atoms with van der Waals surface area (Å²) in [7, 11) is 0. The van der Waals surface area contributed by atoms with E-state index >= 15 is 0 Å². The van der Waals surface area contributed by atoms with Crippen molar-refractivity contribution in [2.45, 2.75) is 37.6 Å². The quantitative estimate of drug-likeness (QED) is 0.475. The molecule has 3 heteroatoms. The molecule has 0 bridgehead atoms. The van der Waals surface area contributed by atoms with Crippen molar-refractivity contribution in [3.05, 3.63) is 0 Å². The third kappa shape index (κ3) is 0.726. The lowest BCUT2D eigenvalue weighted by Crippen LogP contribution is -2.45. The Kier molecular flexibility index (Phi) is 1.44. The molecule has 1 saturated carbocycles. The van der Waals surface area contributed by atoms with Crippen molar-refractivity contribution in [2.24, 2.45) is 0 Å². The summed E-state index contributed by atoms with van der Waals surface area (Å²) in [5.74, 6) is 0.334. The Balaban J connectivity index is 2.17. The molecule has 1 heterocycles. The van der Waals surface area contributed by atoms with Crippen LogP contribution in [0.5, 0.6) is 0 Å². The summed E-state index contributed by atoms with van der Waals surface area (Å²) >= 11 is 2.17. The predicted molar refractivity (Wildman–Crippen MR) is 46.7 cm³/mol. The summed E-state index contributed by atoms with van der Waals surface area (Å²) in [6.45, 7) is 0.